The largest absolute Gasteiger partial charge is 0.384 e. The van der Waals surface area contributed by atoms with Crippen LogP contribution in [-0.2, 0) is 11.8 Å². The van der Waals surface area contributed by atoms with Gasteiger partial charge in [-0.25, -0.2) is 9.37 Å². The Bertz CT molecular complexity index is 994. The quantitative estimate of drug-likeness (QED) is 0.573. The van der Waals surface area contributed by atoms with E-state index in [2.05, 4.69) is 15.0 Å². The summed E-state index contributed by atoms with van der Waals surface area (Å²) in [4.78, 5) is 13.3. The molecular weight excluding hydrogens is 351 g/mol. The summed E-state index contributed by atoms with van der Waals surface area (Å²) in [6.07, 6.45) is 7.69. The van der Waals surface area contributed by atoms with Gasteiger partial charge in [-0.05, 0) is 59.5 Å². The van der Waals surface area contributed by atoms with Crippen molar-refractivity contribution in [1.29, 1.82) is 0 Å². The fourth-order valence-corrected chi connectivity index (χ4v) is 3.57. The molecule has 28 heavy (non-hydrogen) atoms. The van der Waals surface area contributed by atoms with Crippen LogP contribution in [0.2, 0.25) is 0 Å². The molecule has 4 rings (SSSR count). The minimum Gasteiger partial charge on any atom is -0.384 e. The lowest BCUT2D eigenvalue weighted by molar-refractivity contribution is 0.582. The Balaban J connectivity index is 1.99. The van der Waals surface area contributed by atoms with Crippen LogP contribution >= 0.6 is 0 Å². The summed E-state index contributed by atoms with van der Waals surface area (Å²) in [5.74, 6) is 0.189. The fourth-order valence-electron chi connectivity index (χ4n) is 3.57. The molecule has 1 aromatic carbocycles. The van der Waals surface area contributed by atoms with Crippen LogP contribution in [0.15, 0.2) is 91.5 Å². The molecule has 138 valence electrons. The van der Waals surface area contributed by atoms with Crippen LogP contribution < -0.4 is 5.73 Å². The fraction of sp³-hybridized carbons (Fsp3) is 0.0870. The third kappa shape index (κ3) is 3.34. The molecule has 0 saturated heterocycles. The highest BCUT2D eigenvalue weighted by Gasteiger charge is 2.38. The van der Waals surface area contributed by atoms with Gasteiger partial charge in [-0.2, -0.15) is 0 Å². The van der Waals surface area contributed by atoms with Crippen LogP contribution in [0.5, 0.6) is 0 Å². The number of nitrogens with two attached hydrogens (primary N) is 1. The highest BCUT2D eigenvalue weighted by atomic mass is 19.1. The van der Waals surface area contributed by atoms with Crippen LogP contribution in [0, 0.1) is 5.82 Å². The molecule has 0 amide bonds. The first-order valence-corrected chi connectivity index (χ1v) is 8.97. The number of nitrogen functional groups attached to an aromatic ring is 1. The van der Waals surface area contributed by atoms with Crippen molar-refractivity contribution < 1.29 is 4.39 Å². The van der Waals surface area contributed by atoms with Gasteiger partial charge in [0.15, 0.2) is 0 Å². The van der Waals surface area contributed by atoms with Crippen molar-refractivity contribution in [2.45, 2.75) is 11.8 Å². The van der Waals surface area contributed by atoms with Gasteiger partial charge in [-0.3, -0.25) is 9.97 Å². The Morgan fingerprint density at radius 3 is 2.29 bits per heavy atom. The van der Waals surface area contributed by atoms with E-state index in [9.17, 15) is 4.39 Å². The number of anilines is 1. The smallest absolute Gasteiger partial charge is 0.123 e. The summed E-state index contributed by atoms with van der Waals surface area (Å²) in [6, 6.07) is 20.1. The molecule has 4 nitrogen and oxygen atoms in total. The number of hydrogen-bond donors (Lipinski definition) is 1. The van der Waals surface area contributed by atoms with Crippen LogP contribution in [0.4, 0.5) is 10.2 Å². The maximum atomic E-state index is 13.7. The van der Waals surface area contributed by atoms with E-state index in [1.165, 1.54) is 12.1 Å². The molecule has 0 aliphatic heterocycles. The SMILES string of the molecule is Nc1ccc(CC(c2ccc(F)cc2)(c2cccnc2)c2ccccn2)cn1. The molecule has 2 N–H and O–H groups in total. The Labute approximate surface area is 162 Å². The second-order valence-electron chi connectivity index (χ2n) is 6.64. The third-order valence-corrected chi connectivity index (χ3v) is 4.91. The van der Waals surface area contributed by atoms with E-state index in [1.54, 1.807) is 24.7 Å². The molecule has 0 saturated carbocycles. The third-order valence-electron chi connectivity index (χ3n) is 4.91. The summed E-state index contributed by atoms with van der Waals surface area (Å²) >= 11 is 0. The number of nitrogens with zero attached hydrogens (tertiary/aromatic N) is 3. The minimum atomic E-state index is -0.652. The monoisotopic (exact) mass is 370 g/mol. The number of hydrogen-bond acceptors (Lipinski definition) is 4. The van der Waals surface area contributed by atoms with E-state index >= 15 is 0 Å². The normalized spacial score (nSPS) is 13.0. The van der Waals surface area contributed by atoms with E-state index < -0.39 is 5.41 Å². The van der Waals surface area contributed by atoms with Crippen molar-refractivity contribution in [3.63, 3.8) is 0 Å². The van der Waals surface area contributed by atoms with E-state index in [1.807, 2.05) is 54.7 Å². The summed E-state index contributed by atoms with van der Waals surface area (Å²) in [6.45, 7) is 0. The van der Waals surface area contributed by atoms with Gasteiger partial charge in [0, 0.05) is 24.8 Å². The first-order valence-electron chi connectivity index (χ1n) is 8.97. The van der Waals surface area contributed by atoms with Gasteiger partial charge in [-0.1, -0.05) is 30.3 Å². The molecule has 0 aliphatic rings. The van der Waals surface area contributed by atoms with Gasteiger partial charge in [-0.15, -0.1) is 0 Å². The van der Waals surface area contributed by atoms with E-state index in [4.69, 9.17) is 5.73 Å². The van der Waals surface area contributed by atoms with Crippen molar-refractivity contribution in [1.82, 2.24) is 15.0 Å². The minimum absolute atomic E-state index is 0.279. The van der Waals surface area contributed by atoms with Crippen molar-refractivity contribution in [3.05, 3.63) is 120 Å². The number of halogens is 1. The molecule has 0 bridgehead atoms. The van der Waals surface area contributed by atoms with Gasteiger partial charge < -0.3 is 5.73 Å². The first kappa shape index (κ1) is 17.8. The number of pyridine rings is 3. The predicted octanol–water partition coefficient (Wildman–Crippen LogP) is 4.17. The molecule has 0 radical (unpaired) electrons. The van der Waals surface area contributed by atoms with Crippen LogP contribution in [-0.4, -0.2) is 15.0 Å². The van der Waals surface area contributed by atoms with Crippen LogP contribution in [0.25, 0.3) is 0 Å². The van der Waals surface area contributed by atoms with Gasteiger partial charge in [0.1, 0.15) is 11.6 Å². The lowest BCUT2D eigenvalue weighted by atomic mass is 9.68. The maximum absolute atomic E-state index is 13.7. The van der Waals surface area contributed by atoms with Crippen molar-refractivity contribution in [2.75, 3.05) is 5.73 Å². The Morgan fingerprint density at radius 2 is 1.64 bits per heavy atom. The zero-order valence-electron chi connectivity index (χ0n) is 15.2. The highest BCUT2D eigenvalue weighted by Crippen LogP contribution is 2.41. The van der Waals surface area contributed by atoms with E-state index in [0.29, 0.717) is 12.2 Å². The summed E-state index contributed by atoms with van der Waals surface area (Å²) in [7, 11) is 0. The average Bonchev–Trinajstić information content (AvgIpc) is 2.75. The van der Waals surface area contributed by atoms with Crippen molar-refractivity contribution >= 4 is 5.82 Å². The second kappa shape index (κ2) is 7.56. The molecule has 3 aromatic heterocycles. The molecule has 4 aromatic rings. The standard InChI is InChI=1S/C23H19FN4/c24-20-9-7-18(8-10-20)23(19-4-3-12-26-16-19,21-5-1-2-13-27-21)14-17-6-11-22(25)28-15-17/h1-13,15-16H,14H2,(H2,25,28). The maximum Gasteiger partial charge on any atom is 0.123 e. The van der Waals surface area contributed by atoms with E-state index in [0.717, 1.165) is 22.4 Å². The summed E-state index contributed by atoms with van der Waals surface area (Å²) in [5.41, 5.74) is 8.86. The van der Waals surface area contributed by atoms with Gasteiger partial charge >= 0.3 is 0 Å². The molecule has 3 heterocycles. The highest BCUT2D eigenvalue weighted by molar-refractivity contribution is 5.49. The lowest BCUT2D eigenvalue weighted by Crippen LogP contribution is -2.33. The van der Waals surface area contributed by atoms with Gasteiger partial charge in [0.05, 0.1) is 11.1 Å². The Hall–Kier alpha value is -3.60. The zero-order valence-corrected chi connectivity index (χ0v) is 15.2. The molecule has 0 spiro atoms. The molecule has 0 aliphatic carbocycles. The predicted molar refractivity (Wildman–Crippen MR) is 107 cm³/mol. The molecular formula is C23H19FN4. The van der Waals surface area contributed by atoms with Crippen LogP contribution in [0.3, 0.4) is 0 Å². The van der Waals surface area contributed by atoms with Crippen molar-refractivity contribution in [3.8, 4) is 0 Å². The molecule has 0 fully saturated rings. The molecule has 5 heteroatoms. The first-order chi connectivity index (χ1) is 13.7. The Morgan fingerprint density at radius 1 is 0.786 bits per heavy atom. The topological polar surface area (TPSA) is 64.7 Å². The molecule has 1 atom stereocenters. The summed E-state index contributed by atoms with van der Waals surface area (Å²) < 4.78 is 13.7. The Kier molecular flexibility index (Phi) is 4.81. The van der Waals surface area contributed by atoms with E-state index in [-0.39, 0.29) is 5.82 Å². The summed E-state index contributed by atoms with van der Waals surface area (Å²) in [5, 5.41) is 0. The van der Waals surface area contributed by atoms with Crippen molar-refractivity contribution in [2.24, 2.45) is 0 Å². The van der Waals surface area contributed by atoms with Crippen LogP contribution in [0.1, 0.15) is 22.4 Å². The average molecular weight is 370 g/mol. The number of rotatable bonds is 5. The lowest BCUT2D eigenvalue weighted by Gasteiger charge is -2.34. The number of aromatic nitrogens is 3. The molecule has 1 unspecified atom stereocenters. The zero-order chi connectivity index (χ0) is 19.4. The number of benzene rings is 1. The van der Waals surface area contributed by atoms with Gasteiger partial charge in [0.2, 0.25) is 0 Å². The van der Waals surface area contributed by atoms with Gasteiger partial charge in [0.25, 0.3) is 0 Å². The second-order valence-corrected chi connectivity index (χ2v) is 6.64.